The molecule has 0 atom stereocenters. The summed E-state index contributed by atoms with van der Waals surface area (Å²) < 4.78 is 1.40. The monoisotopic (exact) mass is 472 g/mol. The predicted octanol–water partition coefficient (Wildman–Crippen LogP) is 4.35. The van der Waals surface area contributed by atoms with E-state index in [2.05, 4.69) is 27.3 Å². The van der Waals surface area contributed by atoms with E-state index in [1.54, 1.807) is 0 Å². The molecule has 0 aliphatic carbocycles. The number of carbonyl (C=O) groups is 1. The number of nitrogens with one attached hydrogen (secondary N) is 1. The second-order valence-electron chi connectivity index (χ2n) is 8.90. The Labute approximate surface area is 202 Å². The molecule has 1 N–H and O–H groups in total. The molecule has 7 heteroatoms. The lowest BCUT2D eigenvalue weighted by Crippen LogP contribution is -2.32. The number of aryl methyl sites for hydroxylation is 1. The van der Waals surface area contributed by atoms with E-state index in [0.29, 0.717) is 16.8 Å². The van der Waals surface area contributed by atoms with Crippen molar-refractivity contribution in [2.75, 3.05) is 13.1 Å². The van der Waals surface area contributed by atoms with Gasteiger partial charge in [0, 0.05) is 24.0 Å². The largest absolute Gasteiger partial charge is 0.350 e. The average molecular weight is 473 g/mol. The van der Waals surface area contributed by atoms with Gasteiger partial charge in [-0.05, 0) is 49.5 Å². The van der Waals surface area contributed by atoms with E-state index in [1.807, 2.05) is 48.7 Å². The zero-order chi connectivity index (χ0) is 23.5. The van der Waals surface area contributed by atoms with Gasteiger partial charge in [-0.15, -0.1) is 11.3 Å². The molecule has 34 heavy (non-hydrogen) atoms. The van der Waals surface area contributed by atoms with Crippen molar-refractivity contribution in [2.24, 2.45) is 0 Å². The number of benzene rings is 2. The van der Waals surface area contributed by atoms with E-state index in [-0.39, 0.29) is 18.0 Å². The highest BCUT2D eigenvalue weighted by Crippen LogP contribution is 2.30. The van der Waals surface area contributed by atoms with Gasteiger partial charge in [0.15, 0.2) is 0 Å². The first-order valence-electron chi connectivity index (χ1n) is 11.7. The lowest BCUT2D eigenvalue weighted by atomic mass is 10.1. The Kier molecular flexibility index (Phi) is 6.56. The van der Waals surface area contributed by atoms with Crippen molar-refractivity contribution < 1.29 is 4.79 Å². The SMILES string of the molecule is Cc1ccc(-c2csc3ncn(CC(=O)NCc4ccccc4CN4CCCC4)c(=O)c23)cc1. The molecule has 4 aromatic rings. The van der Waals surface area contributed by atoms with Gasteiger partial charge in [-0.3, -0.25) is 19.1 Å². The van der Waals surface area contributed by atoms with Crippen LogP contribution in [0.25, 0.3) is 21.3 Å². The first kappa shape index (κ1) is 22.5. The molecule has 0 unspecified atom stereocenters. The second kappa shape index (κ2) is 9.91. The molecule has 1 aliphatic heterocycles. The van der Waals surface area contributed by atoms with Crippen molar-refractivity contribution in [3.8, 4) is 11.1 Å². The standard InChI is InChI=1S/C27H28N4O2S/c1-19-8-10-20(11-9-19)23-17-34-26-25(23)27(33)31(18-29-26)16-24(32)28-14-21-6-2-3-7-22(21)15-30-12-4-5-13-30/h2-3,6-11,17-18H,4-5,12-16H2,1H3,(H,28,32). The molecule has 0 spiro atoms. The number of thiophene rings is 1. The molecular weight excluding hydrogens is 444 g/mol. The van der Waals surface area contributed by atoms with Gasteiger partial charge in [-0.2, -0.15) is 0 Å². The minimum absolute atomic E-state index is 0.0563. The number of hydrogen-bond acceptors (Lipinski definition) is 5. The Morgan fingerprint density at radius 2 is 1.79 bits per heavy atom. The lowest BCUT2D eigenvalue weighted by molar-refractivity contribution is -0.121. The van der Waals surface area contributed by atoms with Gasteiger partial charge >= 0.3 is 0 Å². The van der Waals surface area contributed by atoms with Crippen LogP contribution in [0, 0.1) is 6.92 Å². The summed E-state index contributed by atoms with van der Waals surface area (Å²) in [7, 11) is 0. The van der Waals surface area contributed by atoms with Crippen LogP contribution in [0.1, 0.15) is 29.5 Å². The molecule has 1 saturated heterocycles. The summed E-state index contributed by atoms with van der Waals surface area (Å²) in [6, 6.07) is 16.3. The van der Waals surface area contributed by atoms with Crippen LogP contribution in [0.5, 0.6) is 0 Å². The summed E-state index contributed by atoms with van der Waals surface area (Å²) in [5.74, 6) is -0.202. The van der Waals surface area contributed by atoms with E-state index in [9.17, 15) is 9.59 Å². The summed E-state index contributed by atoms with van der Waals surface area (Å²) in [5, 5.41) is 5.53. The van der Waals surface area contributed by atoms with E-state index in [1.165, 1.54) is 40.6 Å². The molecule has 2 aromatic heterocycles. The summed E-state index contributed by atoms with van der Waals surface area (Å²) in [4.78, 5) is 33.6. The maximum absolute atomic E-state index is 13.3. The van der Waals surface area contributed by atoms with E-state index >= 15 is 0 Å². The summed E-state index contributed by atoms with van der Waals surface area (Å²) in [6.07, 6.45) is 3.98. The van der Waals surface area contributed by atoms with E-state index < -0.39 is 0 Å². The Balaban J connectivity index is 1.31. The number of aromatic nitrogens is 2. The van der Waals surface area contributed by atoms with Crippen molar-refractivity contribution in [2.45, 2.75) is 39.4 Å². The van der Waals surface area contributed by atoms with Crippen LogP contribution in [0.4, 0.5) is 0 Å². The molecule has 6 nitrogen and oxygen atoms in total. The third-order valence-corrected chi connectivity index (χ3v) is 7.31. The maximum Gasteiger partial charge on any atom is 0.263 e. The average Bonchev–Trinajstić information content (AvgIpc) is 3.51. The molecule has 2 aromatic carbocycles. The van der Waals surface area contributed by atoms with Crippen LogP contribution in [0.3, 0.4) is 0 Å². The van der Waals surface area contributed by atoms with Crippen LogP contribution < -0.4 is 10.9 Å². The first-order chi connectivity index (χ1) is 16.6. The Hall–Kier alpha value is -3.29. The highest BCUT2D eigenvalue weighted by molar-refractivity contribution is 7.17. The van der Waals surface area contributed by atoms with Crippen LogP contribution in [-0.4, -0.2) is 33.4 Å². The second-order valence-corrected chi connectivity index (χ2v) is 9.76. The summed E-state index contributed by atoms with van der Waals surface area (Å²) >= 11 is 1.45. The molecule has 0 bridgehead atoms. The molecule has 1 amide bonds. The number of fused-ring (bicyclic) bond motifs is 1. The highest BCUT2D eigenvalue weighted by atomic mass is 32.1. The maximum atomic E-state index is 13.3. The van der Waals surface area contributed by atoms with E-state index in [0.717, 1.165) is 41.9 Å². The lowest BCUT2D eigenvalue weighted by Gasteiger charge is -2.17. The zero-order valence-electron chi connectivity index (χ0n) is 19.3. The van der Waals surface area contributed by atoms with Crippen molar-refractivity contribution in [1.29, 1.82) is 0 Å². The van der Waals surface area contributed by atoms with Crippen molar-refractivity contribution in [3.63, 3.8) is 0 Å². The van der Waals surface area contributed by atoms with Crippen LogP contribution in [0.15, 0.2) is 65.0 Å². The van der Waals surface area contributed by atoms with Gasteiger partial charge in [0.2, 0.25) is 5.91 Å². The van der Waals surface area contributed by atoms with Gasteiger partial charge in [0.1, 0.15) is 11.4 Å². The number of amides is 1. The number of hydrogen-bond donors (Lipinski definition) is 1. The van der Waals surface area contributed by atoms with Gasteiger partial charge < -0.3 is 5.32 Å². The van der Waals surface area contributed by atoms with Crippen molar-refractivity contribution >= 4 is 27.5 Å². The number of likely N-dealkylation sites (tertiary alicyclic amines) is 1. The number of nitrogens with zero attached hydrogens (tertiary/aromatic N) is 3. The number of carbonyl (C=O) groups excluding carboxylic acids is 1. The molecule has 1 fully saturated rings. The van der Waals surface area contributed by atoms with Crippen LogP contribution >= 0.6 is 11.3 Å². The van der Waals surface area contributed by atoms with Gasteiger partial charge in [0.25, 0.3) is 5.56 Å². The van der Waals surface area contributed by atoms with Gasteiger partial charge in [0.05, 0.1) is 11.7 Å². The summed E-state index contributed by atoms with van der Waals surface area (Å²) in [6.45, 7) is 5.59. The third kappa shape index (κ3) is 4.81. The minimum Gasteiger partial charge on any atom is -0.350 e. The molecule has 1 aliphatic rings. The topological polar surface area (TPSA) is 67.2 Å². The molecule has 0 radical (unpaired) electrons. The molecule has 3 heterocycles. The highest BCUT2D eigenvalue weighted by Gasteiger charge is 2.16. The van der Waals surface area contributed by atoms with Crippen LogP contribution in [-0.2, 0) is 24.4 Å². The van der Waals surface area contributed by atoms with Crippen molar-refractivity contribution in [1.82, 2.24) is 19.8 Å². The molecule has 5 rings (SSSR count). The number of rotatable bonds is 7. The Morgan fingerprint density at radius 3 is 2.56 bits per heavy atom. The molecule has 174 valence electrons. The predicted molar refractivity (Wildman–Crippen MR) is 137 cm³/mol. The summed E-state index contributed by atoms with van der Waals surface area (Å²) in [5.41, 5.74) is 5.17. The fraction of sp³-hybridized carbons (Fsp3) is 0.296. The normalized spacial score (nSPS) is 14.0. The van der Waals surface area contributed by atoms with Crippen molar-refractivity contribution in [3.05, 3.63) is 87.3 Å². The fourth-order valence-electron chi connectivity index (χ4n) is 4.50. The first-order valence-corrected chi connectivity index (χ1v) is 12.6. The quantitative estimate of drug-likeness (QED) is 0.434. The third-order valence-electron chi connectivity index (χ3n) is 6.42. The zero-order valence-corrected chi connectivity index (χ0v) is 20.1. The fourth-order valence-corrected chi connectivity index (χ4v) is 5.40. The minimum atomic E-state index is -0.202. The van der Waals surface area contributed by atoms with Gasteiger partial charge in [-0.25, -0.2) is 4.98 Å². The van der Waals surface area contributed by atoms with Crippen LogP contribution in [0.2, 0.25) is 0 Å². The Bertz CT molecular complexity index is 1370. The molecular formula is C27H28N4O2S. The smallest absolute Gasteiger partial charge is 0.263 e. The Morgan fingerprint density at radius 1 is 1.06 bits per heavy atom. The van der Waals surface area contributed by atoms with Gasteiger partial charge in [-0.1, -0.05) is 54.1 Å². The van der Waals surface area contributed by atoms with E-state index in [4.69, 9.17) is 0 Å². The molecule has 0 saturated carbocycles.